The zero-order valence-electron chi connectivity index (χ0n) is 11.9. The standard InChI is InChI=1S/C15H15F3N2O2/c1-2-5-22-12-4-3-8(6-11(12)15(16,17)18)13-9-7-10(9)14(21)20-19-13/h3-4,6,9-10H,2,5,7H2,1H3,(H,20,21). The Kier molecular flexibility index (Phi) is 3.58. The molecule has 1 fully saturated rings. The van der Waals surface area contributed by atoms with Gasteiger partial charge in [0.05, 0.1) is 17.9 Å². The van der Waals surface area contributed by atoms with E-state index in [9.17, 15) is 18.0 Å². The maximum absolute atomic E-state index is 13.2. The van der Waals surface area contributed by atoms with Gasteiger partial charge in [-0.2, -0.15) is 18.3 Å². The number of hydrazone groups is 1. The minimum absolute atomic E-state index is 0.0720. The van der Waals surface area contributed by atoms with Crippen LogP contribution in [0, 0.1) is 11.8 Å². The van der Waals surface area contributed by atoms with Crippen LogP contribution in [0.3, 0.4) is 0 Å². The Balaban J connectivity index is 1.95. The third-order valence-electron chi connectivity index (χ3n) is 3.81. The molecule has 2 unspecified atom stereocenters. The van der Waals surface area contributed by atoms with E-state index in [1.54, 1.807) is 6.07 Å². The van der Waals surface area contributed by atoms with Gasteiger partial charge >= 0.3 is 6.18 Å². The number of hydrogen-bond acceptors (Lipinski definition) is 3. The number of ether oxygens (including phenoxy) is 1. The first-order chi connectivity index (χ1) is 10.4. The van der Waals surface area contributed by atoms with Crippen molar-refractivity contribution < 1.29 is 22.7 Å². The Labute approximate surface area is 125 Å². The number of carbonyl (C=O) groups excluding carboxylic acids is 1. The Morgan fingerprint density at radius 1 is 1.36 bits per heavy atom. The zero-order chi connectivity index (χ0) is 15.9. The minimum atomic E-state index is -4.50. The summed E-state index contributed by atoms with van der Waals surface area (Å²) in [5.74, 6) is -0.561. The zero-order valence-corrected chi connectivity index (χ0v) is 11.9. The smallest absolute Gasteiger partial charge is 0.419 e. The summed E-state index contributed by atoms with van der Waals surface area (Å²) in [5.41, 5.74) is 2.45. The van der Waals surface area contributed by atoms with Crippen molar-refractivity contribution in [1.82, 2.24) is 5.43 Å². The van der Waals surface area contributed by atoms with Gasteiger partial charge in [0.1, 0.15) is 5.75 Å². The van der Waals surface area contributed by atoms with Crippen LogP contribution in [0.4, 0.5) is 13.2 Å². The van der Waals surface area contributed by atoms with Gasteiger partial charge in [-0.25, -0.2) is 5.43 Å². The monoisotopic (exact) mass is 312 g/mol. The number of rotatable bonds is 4. The molecule has 1 aliphatic heterocycles. The molecular weight excluding hydrogens is 297 g/mol. The van der Waals surface area contributed by atoms with E-state index in [4.69, 9.17) is 4.74 Å². The molecule has 0 saturated heterocycles. The van der Waals surface area contributed by atoms with E-state index in [0.29, 0.717) is 24.1 Å². The lowest BCUT2D eigenvalue weighted by molar-refractivity contribution is -0.139. The Bertz CT molecular complexity index is 640. The van der Waals surface area contributed by atoms with Crippen LogP contribution >= 0.6 is 0 Å². The fraction of sp³-hybridized carbons (Fsp3) is 0.467. The van der Waals surface area contributed by atoms with Crippen LogP contribution in [0.1, 0.15) is 30.9 Å². The molecule has 2 atom stereocenters. The molecule has 1 aliphatic carbocycles. The van der Waals surface area contributed by atoms with Crippen molar-refractivity contribution in [2.45, 2.75) is 25.9 Å². The number of fused-ring (bicyclic) bond motifs is 1. The van der Waals surface area contributed by atoms with Gasteiger partial charge in [-0.15, -0.1) is 0 Å². The second-order valence-electron chi connectivity index (χ2n) is 5.48. The Morgan fingerprint density at radius 3 is 2.82 bits per heavy atom. The van der Waals surface area contributed by atoms with Gasteiger partial charge in [-0.3, -0.25) is 4.79 Å². The van der Waals surface area contributed by atoms with Gasteiger partial charge < -0.3 is 4.74 Å². The molecule has 1 saturated carbocycles. The van der Waals surface area contributed by atoms with Crippen molar-refractivity contribution >= 4 is 11.6 Å². The van der Waals surface area contributed by atoms with E-state index in [1.807, 2.05) is 6.92 Å². The fourth-order valence-electron chi connectivity index (χ4n) is 2.60. The third kappa shape index (κ3) is 2.67. The van der Waals surface area contributed by atoms with Gasteiger partial charge in [0.2, 0.25) is 5.91 Å². The summed E-state index contributed by atoms with van der Waals surface area (Å²) in [6.07, 6.45) is -3.23. The summed E-state index contributed by atoms with van der Waals surface area (Å²) in [6, 6.07) is 3.94. The lowest BCUT2D eigenvalue weighted by Gasteiger charge is -2.17. The average Bonchev–Trinajstić information content (AvgIpc) is 3.26. The first-order valence-electron chi connectivity index (χ1n) is 7.13. The molecule has 7 heteroatoms. The first kappa shape index (κ1) is 14.9. The summed E-state index contributed by atoms with van der Waals surface area (Å²) in [7, 11) is 0. The van der Waals surface area contributed by atoms with Gasteiger partial charge in [-0.05, 0) is 36.6 Å². The lowest BCUT2D eigenvalue weighted by Crippen LogP contribution is -2.29. The summed E-state index contributed by atoms with van der Waals surface area (Å²) >= 11 is 0. The number of hydrogen-bond donors (Lipinski definition) is 1. The molecule has 1 heterocycles. The van der Waals surface area contributed by atoms with Crippen LogP contribution < -0.4 is 10.2 Å². The molecule has 1 aromatic rings. The van der Waals surface area contributed by atoms with Gasteiger partial charge in [0, 0.05) is 11.8 Å². The molecule has 0 aromatic heterocycles. The van der Waals surface area contributed by atoms with Crippen molar-refractivity contribution in [3.8, 4) is 5.75 Å². The molecule has 1 N–H and O–H groups in total. The molecule has 22 heavy (non-hydrogen) atoms. The largest absolute Gasteiger partial charge is 0.493 e. The maximum Gasteiger partial charge on any atom is 0.419 e. The fourth-order valence-corrected chi connectivity index (χ4v) is 2.60. The highest BCUT2D eigenvalue weighted by atomic mass is 19.4. The number of nitrogens with one attached hydrogen (secondary N) is 1. The van der Waals surface area contributed by atoms with E-state index < -0.39 is 11.7 Å². The molecule has 0 bridgehead atoms. The average molecular weight is 312 g/mol. The highest BCUT2D eigenvalue weighted by Gasteiger charge is 2.49. The number of nitrogens with zero attached hydrogens (tertiary/aromatic N) is 1. The third-order valence-corrected chi connectivity index (χ3v) is 3.81. The SMILES string of the molecule is CCCOc1ccc(C2=NNC(=O)C3CC23)cc1C(F)(F)F. The Hall–Kier alpha value is -2.05. The van der Waals surface area contributed by atoms with Gasteiger partial charge in [0.15, 0.2) is 0 Å². The van der Waals surface area contributed by atoms with Crippen LogP contribution in [0.25, 0.3) is 0 Å². The first-order valence-corrected chi connectivity index (χ1v) is 7.13. The van der Waals surface area contributed by atoms with Crippen molar-refractivity contribution in [2.24, 2.45) is 16.9 Å². The van der Waals surface area contributed by atoms with Crippen molar-refractivity contribution in [1.29, 1.82) is 0 Å². The molecule has 1 aromatic carbocycles. The highest BCUT2D eigenvalue weighted by molar-refractivity contribution is 6.09. The van der Waals surface area contributed by atoms with Crippen LogP contribution in [-0.4, -0.2) is 18.2 Å². The number of amides is 1. The molecule has 2 aliphatic rings. The van der Waals surface area contributed by atoms with Crippen LogP contribution in [0.5, 0.6) is 5.75 Å². The van der Waals surface area contributed by atoms with E-state index in [2.05, 4.69) is 10.5 Å². The topological polar surface area (TPSA) is 50.7 Å². The second kappa shape index (κ2) is 5.30. The molecule has 118 valence electrons. The molecule has 0 radical (unpaired) electrons. The summed E-state index contributed by atoms with van der Waals surface area (Å²) < 4.78 is 44.8. The summed E-state index contributed by atoms with van der Waals surface area (Å²) in [4.78, 5) is 11.4. The van der Waals surface area contributed by atoms with E-state index in [-0.39, 0.29) is 30.1 Å². The van der Waals surface area contributed by atoms with Crippen LogP contribution in [0.2, 0.25) is 0 Å². The normalized spacial score (nSPS) is 23.5. The van der Waals surface area contributed by atoms with Crippen molar-refractivity contribution in [3.05, 3.63) is 29.3 Å². The number of halogens is 3. The van der Waals surface area contributed by atoms with E-state index >= 15 is 0 Å². The molecule has 4 nitrogen and oxygen atoms in total. The molecule has 0 spiro atoms. The van der Waals surface area contributed by atoms with Gasteiger partial charge in [0.25, 0.3) is 0 Å². The predicted octanol–water partition coefficient (Wildman–Crippen LogP) is 2.96. The lowest BCUT2D eigenvalue weighted by atomic mass is 10.0. The minimum Gasteiger partial charge on any atom is -0.493 e. The Morgan fingerprint density at radius 2 is 2.14 bits per heavy atom. The van der Waals surface area contributed by atoms with Crippen molar-refractivity contribution in [2.75, 3.05) is 6.61 Å². The van der Waals surface area contributed by atoms with Crippen molar-refractivity contribution in [3.63, 3.8) is 0 Å². The van der Waals surface area contributed by atoms with E-state index in [1.165, 1.54) is 6.07 Å². The molecule has 1 amide bonds. The number of alkyl halides is 3. The van der Waals surface area contributed by atoms with E-state index in [0.717, 1.165) is 6.07 Å². The maximum atomic E-state index is 13.2. The van der Waals surface area contributed by atoms with Crippen LogP contribution in [0.15, 0.2) is 23.3 Å². The summed E-state index contributed by atoms with van der Waals surface area (Å²) in [6.45, 7) is 2.05. The number of benzene rings is 1. The summed E-state index contributed by atoms with van der Waals surface area (Å²) in [5, 5.41) is 3.93. The highest BCUT2D eigenvalue weighted by Crippen LogP contribution is 2.44. The van der Waals surface area contributed by atoms with Gasteiger partial charge in [-0.1, -0.05) is 6.92 Å². The number of carbonyl (C=O) groups is 1. The second-order valence-corrected chi connectivity index (χ2v) is 5.48. The van der Waals surface area contributed by atoms with Crippen LogP contribution in [-0.2, 0) is 11.0 Å². The predicted molar refractivity (Wildman–Crippen MR) is 73.5 cm³/mol. The quantitative estimate of drug-likeness (QED) is 0.929. The molecular formula is C15H15F3N2O2. The molecule has 3 rings (SSSR count).